The van der Waals surface area contributed by atoms with Crippen molar-refractivity contribution in [2.75, 3.05) is 0 Å². The average molecular weight is 242 g/mol. The van der Waals surface area contributed by atoms with Crippen molar-refractivity contribution in [3.05, 3.63) is 0 Å². The fourth-order valence-electron chi connectivity index (χ4n) is 0. The first-order valence-electron chi connectivity index (χ1n) is 0.873. The Morgan fingerprint density at radius 3 is 1.20 bits per heavy atom. The normalized spacial score (nSPS) is 12.0. The molecule has 0 amide bonds. The van der Waals surface area contributed by atoms with Crippen LogP contribution < -0.4 is 0 Å². The molecule has 0 nitrogen and oxygen atoms in total. The smallest absolute Gasteiger partial charge is 0.285 e. The van der Waals surface area contributed by atoms with Gasteiger partial charge in [-0.15, -0.1) is 0 Å². The van der Waals surface area contributed by atoms with E-state index >= 15 is 0 Å². The summed E-state index contributed by atoms with van der Waals surface area (Å²) >= 11 is 16.2. The van der Waals surface area contributed by atoms with Crippen LogP contribution in [0.3, 0.4) is 0 Å². The fourth-order valence-corrected chi connectivity index (χ4v) is 0. The predicted octanol–water partition coefficient (Wildman–Crippen LogP) is 2.69. The van der Waals surface area contributed by atoms with E-state index in [4.69, 9.17) is 22.9 Å². The lowest BCUT2D eigenvalue weighted by Gasteiger charge is -2.04. The lowest BCUT2D eigenvalue weighted by Crippen LogP contribution is -1.89. The number of hydrogen-bond donors (Lipinski definition) is 0. The third-order valence-corrected chi connectivity index (χ3v) is 0. The van der Waals surface area contributed by atoms with Crippen molar-refractivity contribution >= 4 is 57.1 Å². The Morgan fingerprint density at radius 1 is 1.20 bits per heavy atom. The SMILES string of the molecule is Cl[B-](Cl)(Br)Br. The molecule has 0 radical (unpaired) electrons. The van der Waals surface area contributed by atoms with E-state index in [1.165, 1.54) is 0 Å². The standard InChI is InChI=1S/BBr2Cl2/c2-1(3,4)5/q-1. The minimum absolute atomic E-state index is 1.43. The first-order chi connectivity index (χ1) is 2.00. The molecule has 0 fully saturated rings. The summed E-state index contributed by atoms with van der Waals surface area (Å²) in [4.78, 5) is 0. The average Bonchev–Trinajstić information content (AvgIpc) is 0.722. The van der Waals surface area contributed by atoms with Crippen LogP contribution in [0.4, 0.5) is 0 Å². The van der Waals surface area contributed by atoms with Gasteiger partial charge in [-0.25, -0.2) is 0 Å². The molecule has 32 valence electrons. The highest BCUT2D eigenvalue weighted by Gasteiger charge is 2.01. The predicted molar refractivity (Wildman–Crippen MR) is 35.3 cm³/mol. The van der Waals surface area contributed by atoms with Gasteiger partial charge in [0, 0.05) is 0 Å². The van der Waals surface area contributed by atoms with Crippen LogP contribution in [0.5, 0.6) is 0 Å². The number of hydrogen-bond acceptors (Lipinski definition) is 0. The van der Waals surface area contributed by atoms with Crippen LogP contribution >= 0.6 is 54.4 Å². The molecule has 0 unspecified atom stereocenters. The third kappa shape index (κ3) is 28.3. The van der Waals surface area contributed by atoms with E-state index in [1.54, 1.807) is 0 Å². The molecule has 0 saturated heterocycles. The van der Waals surface area contributed by atoms with Crippen molar-refractivity contribution in [2.45, 2.75) is 0 Å². The number of rotatable bonds is 0. The van der Waals surface area contributed by atoms with Crippen LogP contribution in [-0.2, 0) is 0 Å². The van der Waals surface area contributed by atoms with E-state index in [1.807, 2.05) is 0 Å². The molecule has 5 heteroatoms. The Labute approximate surface area is 56.9 Å². The maximum Gasteiger partial charge on any atom is 0.285 e. The Morgan fingerprint density at radius 2 is 1.20 bits per heavy atom. The summed E-state index contributed by atoms with van der Waals surface area (Å²) in [6.45, 7) is 0. The van der Waals surface area contributed by atoms with Gasteiger partial charge >= 0.3 is 0 Å². The summed E-state index contributed by atoms with van der Waals surface area (Å²) in [7, 11) is 0. The Kier molecular flexibility index (Phi) is 2.71. The molecule has 5 heavy (non-hydrogen) atoms. The van der Waals surface area contributed by atoms with Crippen LogP contribution in [0, 0.1) is 0 Å². The minimum Gasteiger partial charge on any atom is -0.341 e. The Hall–Kier alpha value is 1.60. The van der Waals surface area contributed by atoms with Crippen LogP contribution in [0.2, 0.25) is 0 Å². The fraction of sp³-hybridized carbons (Fsp3) is 0. The molecule has 0 heterocycles. The van der Waals surface area contributed by atoms with E-state index in [0.717, 1.165) is 0 Å². The molecule has 0 atom stereocenters. The molecule has 0 aliphatic carbocycles. The monoisotopic (exact) mass is 239 g/mol. The Balaban J connectivity index is 3.02. The first kappa shape index (κ1) is 6.60. The van der Waals surface area contributed by atoms with Crippen molar-refractivity contribution in [2.24, 2.45) is 0 Å². The molecule has 0 rings (SSSR count). The van der Waals surface area contributed by atoms with Gasteiger partial charge in [0.05, 0.1) is 0 Å². The highest BCUT2D eigenvalue weighted by Crippen LogP contribution is 2.28. The molecule has 0 N–H and O–H groups in total. The van der Waals surface area contributed by atoms with Crippen molar-refractivity contribution in [1.82, 2.24) is 0 Å². The van der Waals surface area contributed by atoms with Crippen molar-refractivity contribution in [3.8, 4) is 0 Å². The van der Waals surface area contributed by atoms with Crippen LogP contribution in [0.25, 0.3) is 0 Å². The summed E-state index contributed by atoms with van der Waals surface area (Å²) in [5, 5.41) is 0. The molecule has 0 aromatic rings. The minimum atomic E-state index is -1.43. The summed E-state index contributed by atoms with van der Waals surface area (Å²) in [5.74, 6) is 0. The van der Waals surface area contributed by atoms with Gasteiger partial charge in [-0.1, -0.05) is 0 Å². The zero-order valence-electron chi connectivity index (χ0n) is 2.09. The van der Waals surface area contributed by atoms with Gasteiger partial charge in [0.2, 0.25) is 0 Å². The van der Waals surface area contributed by atoms with Crippen molar-refractivity contribution < 1.29 is 0 Å². The molecular formula is BBr2Cl2-. The van der Waals surface area contributed by atoms with Crippen LogP contribution in [-0.4, -0.2) is 2.62 Å². The van der Waals surface area contributed by atoms with E-state index in [2.05, 4.69) is 31.5 Å². The molecular weight excluding hydrogens is 242 g/mol. The highest BCUT2D eigenvalue weighted by atomic mass is 79.9. The second-order valence-electron chi connectivity index (χ2n) is 0.495. The quantitative estimate of drug-likeness (QED) is 0.572. The highest BCUT2D eigenvalue weighted by molar-refractivity contribution is 9.54. The Bertz CT molecular complexity index is 23.1. The summed E-state index contributed by atoms with van der Waals surface area (Å²) in [6, 6.07) is 0. The molecule has 0 aromatic heterocycles. The van der Waals surface area contributed by atoms with Crippen molar-refractivity contribution in [3.63, 3.8) is 0 Å². The molecule has 0 spiro atoms. The van der Waals surface area contributed by atoms with Crippen LogP contribution in [0.1, 0.15) is 0 Å². The van der Waals surface area contributed by atoms with Gasteiger partial charge in [-0.3, -0.25) is 0 Å². The molecule has 0 saturated carbocycles. The lowest BCUT2D eigenvalue weighted by atomic mass is 10.7. The number of halogens is 4. The van der Waals surface area contributed by atoms with Gasteiger partial charge < -0.3 is 54.4 Å². The second-order valence-corrected chi connectivity index (χ2v) is 8.11. The molecule has 0 aromatic carbocycles. The molecule has 0 aliphatic rings. The largest absolute Gasteiger partial charge is 0.341 e. The van der Waals surface area contributed by atoms with E-state index in [-0.39, 0.29) is 0 Å². The molecule has 0 bridgehead atoms. The maximum atomic E-state index is 5.19. The van der Waals surface area contributed by atoms with Gasteiger partial charge in [0.25, 0.3) is 2.62 Å². The zero-order valence-corrected chi connectivity index (χ0v) is 6.77. The van der Waals surface area contributed by atoms with E-state index in [9.17, 15) is 0 Å². The third-order valence-electron chi connectivity index (χ3n) is 0. The zero-order chi connectivity index (χ0) is 4.50. The van der Waals surface area contributed by atoms with E-state index in [0.29, 0.717) is 0 Å². The van der Waals surface area contributed by atoms with E-state index < -0.39 is 2.62 Å². The van der Waals surface area contributed by atoms with Crippen molar-refractivity contribution in [1.29, 1.82) is 0 Å². The maximum absolute atomic E-state index is 5.19. The topological polar surface area (TPSA) is 0 Å². The van der Waals surface area contributed by atoms with Crippen LogP contribution in [0.15, 0.2) is 0 Å². The van der Waals surface area contributed by atoms with Gasteiger partial charge in [0.15, 0.2) is 0 Å². The lowest BCUT2D eigenvalue weighted by molar-refractivity contribution is 4.16. The van der Waals surface area contributed by atoms with Gasteiger partial charge in [-0.05, 0) is 0 Å². The summed E-state index contributed by atoms with van der Waals surface area (Å²) in [5.41, 5.74) is 0. The van der Waals surface area contributed by atoms with Gasteiger partial charge in [-0.2, -0.15) is 0 Å². The first-order valence-corrected chi connectivity index (χ1v) is 3.58. The van der Waals surface area contributed by atoms with Gasteiger partial charge in [0.1, 0.15) is 0 Å². The second kappa shape index (κ2) is 2.06. The molecule has 0 aliphatic heterocycles. The summed E-state index contributed by atoms with van der Waals surface area (Å²) < 4.78 is -1.43. The summed E-state index contributed by atoms with van der Waals surface area (Å²) in [6.07, 6.45) is 0.